The monoisotopic (exact) mass is 328 g/mol. The number of nitrogens with one attached hydrogen (secondary N) is 1. The lowest BCUT2D eigenvalue weighted by Gasteiger charge is -2.25. The summed E-state index contributed by atoms with van der Waals surface area (Å²) in [6.07, 6.45) is 2.60. The van der Waals surface area contributed by atoms with Gasteiger partial charge in [-0.2, -0.15) is 5.10 Å². The number of nitrogens with zero attached hydrogens (tertiary/aromatic N) is 3. The van der Waals surface area contributed by atoms with Gasteiger partial charge in [-0.3, -0.25) is 9.58 Å². The highest BCUT2D eigenvalue weighted by atomic mass is 79.9. The zero-order valence-corrected chi connectivity index (χ0v) is 14.0. The Balaban J connectivity index is 2.01. The topological polar surface area (TPSA) is 33.1 Å². The zero-order valence-electron chi connectivity index (χ0n) is 12.4. The molecule has 1 N–H and O–H groups in total. The molecule has 1 unspecified atom stereocenters. The molecule has 1 aliphatic heterocycles. The highest BCUT2D eigenvalue weighted by Crippen LogP contribution is 2.25. The van der Waals surface area contributed by atoms with Gasteiger partial charge in [-0.25, -0.2) is 0 Å². The maximum atomic E-state index is 4.48. The number of aromatic nitrogens is 2. The molecule has 1 atom stereocenters. The van der Waals surface area contributed by atoms with Gasteiger partial charge >= 0.3 is 0 Å². The summed E-state index contributed by atoms with van der Waals surface area (Å²) in [4.78, 5) is 2.58. The van der Waals surface area contributed by atoms with E-state index in [2.05, 4.69) is 52.0 Å². The Labute approximate surface area is 124 Å². The first-order valence-corrected chi connectivity index (χ1v) is 7.93. The van der Waals surface area contributed by atoms with Crippen LogP contribution in [0.25, 0.3) is 0 Å². The fourth-order valence-electron chi connectivity index (χ4n) is 2.75. The molecule has 0 radical (unpaired) electrons. The Kier molecular flexibility index (Phi) is 5.03. The van der Waals surface area contributed by atoms with E-state index in [-0.39, 0.29) is 0 Å². The van der Waals surface area contributed by atoms with E-state index in [4.69, 9.17) is 0 Å². The second kappa shape index (κ2) is 6.37. The predicted octanol–water partition coefficient (Wildman–Crippen LogP) is 2.45. The fraction of sp³-hybridized carbons (Fsp3) is 0.786. The van der Waals surface area contributed by atoms with E-state index in [1.165, 1.54) is 25.1 Å². The van der Waals surface area contributed by atoms with Gasteiger partial charge < -0.3 is 5.32 Å². The van der Waals surface area contributed by atoms with Crippen molar-refractivity contribution in [2.24, 2.45) is 7.05 Å². The van der Waals surface area contributed by atoms with E-state index in [1.54, 1.807) is 0 Å². The summed E-state index contributed by atoms with van der Waals surface area (Å²) in [5.74, 6) is 0. The van der Waals surface area contributed by atoms with Crippen LogP contribution in [0.4, 0.5) is 0 Å². The average molecular weight is 329 g/mol. The molecule has 0 aromatic carbocycles. The van der Waals surface area contributed by atoms with Crippen LogP contribution in [0.1, 0.15) is 38.1 Å². The van der Waals surface area contributed by atoms with Gasteiger partial charge in [0.2, 0.25) is 0 Å². The lowest BCUT2D eigenvalue weighted by atomic mass is 10.2. The van der Waals surface area contributed by atoms with Crippen molar-refractivity contribution in [1.29, 1.82) is 0 Å². The number of hydrogen-bond donors (Lipinski definition) is 1. The van der Waals surface area contributed by atoms with Crippen LogP contribution in [0.5, 0.6) is 0 Å². The summed E-state index contributed by atoms with van der Waals surface area (Å²) in [7, 11) is 2.03. The van der Waals surface area contributed by atoms with Crippen molar-refractivity contribution in [3.05, 3.63) is 15.9 Å². The lowest BCUT2D eigenvalue weighted by Crippen LogP contribution is -2.40. The van der Waals surface area contributed by atoms with Gasteiger partial charge in [-0.1, -0.05) is 13.8 Å². The maximum absolute atomic E-state index is 4.48. The minimum absolute atomic E-state index is 0.563. The van der Waals surface area contributed by atoms with Crippen molar-refractivity contribution in [2.75, 3.05) is 13.1 Å². The van der Waals surface area contributed by atoms with Crippen LogP contribution < -0.4 is 5.32 Å². The van der Waals surface area contributed by atoms with Crippen molar-refractivity contribution in [1.82, 2.24) is 20.0 Å². The largest absolute Gasteiger partial charge is 0.313 e. The summed E-state index contributed by atoms with van der Waals surface area (Å²) < 4.78 is 3.17. The van der Waals surface area contributed by atoms with Gasteiger partial charge in [0.25, 0.3) is 0 Å². The van der Waals surface area contributed by atoms with E-state index in [0.29, 0.717) is 12.1 Å². The van der Waals surface area contributed by atoms with Crippen LogP contribution in [0.2, 0.25) is 0 Å². The Hall–Kier alpha value is -0.390. The minimum atomic E-state index is 0.563. The lowest BCUT2D eigenvalue weighted by molar-refractivity contribution is 0.230. The number of hydrogen-bond acceptors (Lipinski definition) is 3. The molecule has 0 amide bonds. The molecule has 0 bridgehead atoms. The van der Waals surface area contributed by atoms with Crippen molar-refractivity contribution in [3.63, 3.8) is 0 Å². The second-order valence-electron chi connectivity index (χ2n) is 5.80. The fourth-order valence-corrected chi connectivity index (χ4v) is 3.21. The summed E-state index contributed by atoms with van der Waals surface area (Å²) in [6.45, 7) is 9.74. The van der Waals surface area contributed by atoms with Crippen molar-refractivity contribution in [2.45, 2.75) is 52.2 Å². The molecule has 1 saturated heterocycles. The summed E-state index contributed by atoms with van der Waals surface area (Å²) >= 11 is 3.66. The first-order valence-electron chi connectivity index (χ1n) is 7.14. The summed E-state index contributed by atoms with van der Waals surface area (Å²) in [5.41, 5.74) is 2.36. The highest BCUT2D eigenvalue weighted by Gasteiger charge is 2.26. The molecular formula is C14H25BrN4. The number of halogens is 1. The molecule has 1 aromatic rings. The average Bonchev–Trinajstić information content (AvgIpc) is 2.87. The molecule has 0 aliphatic carbocycles. The van der Waals surface area contributed by atoms with E-state index >= 15 is 0 Å². The molecule has 1 aromatic heterocycles. The first kappa shape index (κ1) is 15.0. The molecule has 1 fully saturated rings. The van der Waals surface area contributed by atoms with E-state index < -0.39 is 0 Å². The van der Waals surface area contributed by atoms with Crippen molar-refractivity contribution >= 4 is 15.9 Å². The molecule has 5 heteroatoms. The summed E-state index contributed by atoms with van der Waals surface area (Å²) in [5, 5.41) is 8.04. The number of likely N-dealkylation sites (tertiary alicyclic amines) is 1. The van der Waals surface area contributed by atoms with Crippen LogP contribution in [0, 0.1) is 6.92 Å². The van der Waals surface area contributed by atoms with E-state index in [9.17, 15) is 0 Å². The molecule has 1 aliphatic rings. The van der Waals surface area contributed by atoms with Crippen molar-refractivity contribution in [3.8, 4) is 0 Å². The third kappa shape index (κ3) is 3.58. The van der Waals surface area contributed by atoms with Gasteiger partial charge in [-0.05, 0) is 42.2 Å². The van der Waals surface area contributed by atoms with Crippen LogP contribution in [0.15, 0.2) is 4.47 Å². The number of aryl methyl sites for hydroxylation is 2. The SMILES string of the molecule is Cc1nn(C)c(CN2CCCC2CNC(C)C)c1Br. The third-order valence-corrected chi connectivity index (χ3v) is 4.91. The highest BCUT2D eigenvalue weighted by molar-refractivity contribution is 9.10. The standard InChI is InChI=1S/C14H25BrN4/c1-10(2)16-8-12-6-5-7-19(12)9-13-14(15)11(3)17-18(13)4/h10,12,16H,5-9H2,1-4H3. The van der Waals surface area contributed by atoms with Gasteiger partial charge in [0.1, 0.15) is 0 Å². The van der Waals surface area contributed by atoms with Gasteiger partial charge in [-0.15, -0.1) is 0 Å². The molecule has 0 spiro atoms. The van der Waals surface area contributed by atoms with Crippen LogP contribution in [-0.2, 0) is 13.6 Å². The third-order valence-electron chi connectivity index (χ3n) is 3.88. The van der Waals surface area contributed by atoms with Gasteiger partial charge in [0, 0.05) is 32.2 Å². The first-order chi connectivity index (χ1) is 8.99. The zero-order chi connectivity index (χ0) is 14.0. The quantitative estimate of drug-likeness (QED) is 0.901. The van der Waals surface area contributed by atoms with Crippen molar-refractivity contribution < 1.29 is 0 Å². The molecular weight excluding hydrogens is 304 g/mol. The van der Waals surface area contributed by atoms with E-state index in [1.807, 2.05) is 11.7 Å². The van der Waals surface area contributed by atoms with Gasteiger partial charge in [0.15, 0.2) is 0 Å². The van der Waals surface area contributed by atoms with Crippen LogP contribution in [-0.4, -0.2) is 39.9 Å². The molecule has 108 valence electrons. The maximum Gasteiger partial charge on any atom is 0.0739 e. The van der Waals surface area contributed by atoms with E-state index in [0.717, 1.165) is 23.3 Å². The van der Waals surface area contributed by atoms with Crippen LogP contribution >= 0.6 is 15.9 Å². The predicted molar refractivity (Wildman–Crippen MR) is 82.2 cm³/mol. The molecule has 0 saturated carbocycles. The Bertz CT molecular complexity index is 427. The van der Waals surface area contributed by atoms with Gasteiger partial charge in [0.05, 0.1) is 15.9 Å². The smallest absolute Gasteiger partial charge is 0.0739 e. The Morgan fingerprint density at radius 1 is 1.47 bits per heavy atom. The number of rotatable bonds is 5. The van der Waals surface area contributed by atoms with Crippen LogP contribution in [0.3, 0.4) is 0 Å². The molecule has 2 heterocycles. The Morgan fingerprint density at radius 3 is 2.79 bits per heavy atom. The normalized spacial score (nSPS) is 20.6. The molecule has 2 rings (SSSR count). The summed E-state index contributed by atoms with van der Waals surface area (Å²) in [6, 6.07) is 1.22. The second-order valence-corrected chi connectivity index (χ2v) is 6.59. The minimum Gasteiger partial charge on any atom is -0.313 e. The molecule has 19 heavy (non-hydrogen) atoms. The Morgan fingerprint density at radius 2 is 2.21 bits per heavy atom. The molecule has 4 nitrogen and oxygen atoms in total.